The molecule has 1 saturated heterocycles. The van der Waals surface area contributed by atoms with Gasteiger partial charge < -0.3 is 10.2 Å². The highest BCUT2D eigenvalue weighted by atomic mass is 15.1. The number of hydrogen-bond acceptors (Lipinski definition) is 2. The highest BCUT2D eigenvalue weighted by Crippen LogP contribution is 2.22. The van der Waals surface area contributed by atoms with Gasteiger partial charge in [-0.15, -0.1) is 0 Å². The first-order valence-electron chi connectivity index (χ1n) is 7.92. The Bertz CT molecular complexity index is 548. The molecule has 2 aromatic carbocycles. The zero-order valence-electron chi connectivity index (χ0n) is 12.8. The fraction of sp³-hybridized carbons (Fsp3) is 0.368. The van der Waals surface area contributed by atoms with Crippen molar-refractivity contribution in [1.82, 2.24) is 4.90 Å². The average molecular weight is 280 g/mol. The monoisotopic (exact) mass is 280 g/mol. The molecule has 2 aromatic rings. The minimum absolute atomic E-state index is 0.609. The molecule has 1 aliphatic rings. The molecule has 1 unspecified atom stereocenters. The van der Waals surface area contributed by atoms with Gasteiger partial charge in [0.2, 0.25) is 0 Å². The van der Waals surface area contributed by atoms with Crippen molar-refractivity contribution in [2.75, 3.05) is 25.5 Å². The van der Waals surface area contributed by atoms with Crippen molar-refractivity contribution in [2.45, 2.75) is 25.3 Å². The molecule has 0 aliphatic carbocycles. The van der Waals surface area contributed by atoms with Crippen LogP contribution in [0.5, 0.6) is 0 Å². The number of nitrogens with zero attached hydrogens (tertiary/aromatic N) is 1. The summed E-state index contributed by atoms with van der Waals surface area (Å²) in [5, 5.41) is 3.69. The third-order valence-corrected chi connectivity index (χ3v) is 4.31. The van der Waals surface area contributed by atoms with Crippen LogP contribution in [0.15, 0.2) is 54.6 Å². The Hall–Kier alpha value is -1.80. The zero-order valence-corrected chi connectivity index (χ0v) is 12.8. The van der Waals surface area contributed by atoms with E-state index in [0.29, 0.717) is 6.04 Å². The highest BCUT2D eigenvalue weighted by molar-refractivity contribution is 5.65. The lowest BCUT2D eigenvalue weighted by Crippen LogP contribution is -2.22. The van der Waals surface area contributed by atoms with E-state index in [2.05, 4.69) is 71.9 Å². The first kappa shape index (κ1) is 14.2. The molecule has 21 heavy (non-hydrogen) atoms. The minimum Gasteiger partial charge on any atom is -0.382 e. The molecule has 110 valence electrons. The maximum atomic E-state index is 3.69. The minimum atomic E-state index is 0.609. The molecule has 0 aromatic heterocycles. The molecule has 1 fully saturated rings. The van der Waals surface area contributed by atoms with Crippen LogP contribution in [0.25, 0.3) is 11.1 Å². The highest BCUT2D eigenvalue weighted by Gasteiger charge is 2.14. The van der Waals surface area contributed by atoms with E-state index in [9.17, 15) is 0 Å². The maximum Gasteiger partial charge on any atom is 0.0342 e. The van der Waals surface area contributed by atoms with Gasteiger partial charge in [0.15, 0.2) is 0 Å². The maximum absolute atomic E-state index is 3.69. The fourth-order valence-electron chi connectivity index (χ4n) is 3.01. The van der Waals surface area contributed by atoms with Crippen molar-refractivity contribution in [3.8, 4) is 11.1 Å². The van der Waals surface area contributed by atoms with Crippen LogP contribution in [-0.2, 0) is 0 Å². The quantitative estimate of drug-likeness (QED) is 0.904. The lowest BCUT2D eigenvalue weighted by Gasteiger charge is -2.18. The average Bonchev–Trinajstić information content (AvgIpc) is 2.74. The van der Waals surface area contributed by atoms with Gasteiger partial charge in [-0.25, -0.2) is 0 Å². The van der Waals surface area contributed by atoms with E-state index in [4.69, 9.17) is 0 Å². The van der Waals surface area contributed by atoms with E-state index in [0.717, 1.165) is 0 Å². The van der Waals surface area contributed by atoms with Crippen LogP contribution in [0.4, 0.5) is 5.69 Å². The van der Waals surface area contributed by atoms with Gasteiger partial charge in [0.25, 0.3) is 0 Å². The lowest BCUT2D eigenvalue weighted by atomic mass is 10.0. The fourth-order valence-corrected chi connectivity index (χ4v) is 3.01. The van der Waals surface area contributed by atoms with Gasteiger partial charge in [-0.2, -0.15) is 0 Å². The van der Waals surface area contributed by atoms with Crippen LogP contribution in [0, 0.1) is 0 Å². The molecule has 1 heterocycles. The summed E-state index contributed by atoms with van der Waals surface area (Å²) in [6, 6.07) is 20.0. The van der Waals surface area contributed by atoms with Crippen molar-refractivity contribution in [2.24, 2.45) is 0 Å². The Morgan fingerprint density at radius 2 is 1.57 bits per heavy atom. The Morgan fingerprint density at radius 1 is 0.857 bits per heavy atom. The second kappa shape index (κ2) is 6.77. The predicted molar refractivity (Wildman–Crippen MR) is 90.6 cm³/mol. The Balaban J connectivity index is 1.64. The van der Waals surface area contributed by atoms with Crippen LogP contribution in [0.3, 0.4) is 0 Å². The van der Waals surface area contributed by atoms with Crippen LogP contribution >= 0.6 is 0 Å². The molecule has 3 rings (SSSR count). The normalized spacial score (nSPS) is 20.0. The standard InChI is InChI=1S/C19H24N2/c1-21-14-5-8-18(13-15-21)20-19-11-9-17(10-12-19)16-6-3-2-4-7-16/h2-4,6-7,9-12,18,20H,5,8,13-15H2,1H3. The SMILES string of the molecule is CN1CCCC(Nc2ccc(-c3ccccc3)cc2)CC1. The van der Waals surface area contributed by atoms with Crippen molar-refractivity contribution in [1.29, 1.82) is 0 Å². The molecule has 0 saturated carbocycles. The van der Waals surface area contributed by atoms with E-state index in [1.807, 2.05) is 0 Å². The second-order valence-corrected chi connectivity index (χ2v) is 6.02. The molecule has 0 bridgehead atoms. The van der Waals surface area contributed by atoms with Crippen LogP contribution in [0.1, 0.15) is 19.3 Å². The first-order valence-corrected chi connectivity index (χ1v) is 7.92. The zero-order chi connectivity index (χ0) is 14.5. The van der Waals surface area contributed by atoms with Crippen molar-refractivity contribution < 1.29 is 0 Å². The molecule has 2 heteroatoms. The third-order valence-electron chi connectivity index (χ3n) is 4.31. The Morgan fingerprint density at radius 3 is 2.33 bits per heavy atom. The van der Waals surface area contributed by atoms with Crippen LogP contribution in [-0.4, -0.2) is 31.1 Å². The van der Waals surface area contributed by atoms with Crippen molar-refractivity contribution >= 4 is 5.69 Å². The summed E-state index contributed by atoms with van der Waals surface area (Å²) in [5.41, 5.74) is 3.80. The van der Waals surface area contributed by atoms with Crippen LogP contribution in [0.2, 0.25) is 0 Å². The molecular formula is C19H24N2. The van der Waals surface area contributed by atoms with Gasteiger partial charge in [-0.3, -0.25) is 0 Å². The third kappa shape index (κ3) is 3.85. The second-order valence-electron chi connectivity index (χ2n) is 6.02. The molecule has 1 aliphatic heterocycles. The summed E-state index contributed by atoms with van der Waals surface area (Å²) < 4.78 is 0. The van der Waals surface area contributed by atoms with Gasteiger partial charge in [0.05, 0.1) is 0 Å². The number of anilines is 1. The van der Waals surface area contributed by atoms with Gasteiger partial charge in [-0.05, 0) is 62.7 Å². The summed E-state index contributed by atoms with van der Waals surface area (Å²) in [4.78, 5) is 2.43. The van der Waals surface area contributed by atoms with Crippen molar-refractivity contribution in [3.63, 3.8) is 0 Å². The van der Waals surface area contributed by atoms with Gasteiger partial charge in [0.1, 0.15) is 0 Å². The molecular weight excluding hydrogens is 256 g/mol. The molecule has 1 N–H and O–H groups in total. The number of hydrogen-bond donors (Lipinski definition) is 1. The van der Waals surface area contributed by atoms with E-state index >= 15 is 0 Å². The van der Waals surface area contributed by atoms with E-state index < -0.39 is 0 Å². The number of benzene rings is 2. The molecule has 2 nitrogen and oxygen atoms in total. The summed E-state index contributed by atoms with van der Waals surface area (Å²) in [6.07, 6.45) is 3.79. The van der Waals surface area contributed by atoms with E-state index in [-0.39, 0.29) is 0 Å². The number of nitrogens with one attached hydrogen (secondary N) is 1. The summed E-state index contributed by atoms with van der Waals surface area (Å²) in [6.45, 7) is 2.42. The molecule has 0 amide bonds. The molecule has 1 atom stereocenters. The largest absolute Gasteiger partial charge is 0.382 e. The lowest BCUT2D eigenvalue weighted by molar-refractivity contribution is 0.348. The van der Waals surface area contributed by atoms with E-state index in [1.54, 1.807) is 0 Å². The summed E-state index contributed by atoms with van der Waals surface area (Å²) >= 11 is 0. The Kier molecular flexibility index (Phi) is 4.56. The summed E-state index contributed by atoms with van der Waals surface area (Å²) in [5.74, 6) is 0. The smallest absolute Gasteiger partial charge is 0.0342 e. The topological polar surface area (TPSA) is 15.3 Å². The predicted octanol–water partition coefficient (Wildman–Crippen LogP) is 4.25. The number of rotatable bonds is 3. The van der Waals surface area contributed by atoms with Crippen LogP contribution < -0.4 is 5.32 Å². The van der Waals surface area contributed by atoms with Gasteiger partial charge in [0, 0.05) is 11.7 Å². The summed E-state index contributed by atoms with van der Waals surface area (Å²) in [7, 11) is 2.22. The van der Waals surface area contributed by atoms with Crippen molar-refractivity contribution in [3.05, 3.63) is 54.6 Å². The van der Waals surface area contributed by atoms with E-state index in [1.165, 1.54) is 49.2 Å². The number of likely N-dealkylation sites (tertiary alicyclic amines) is 1. The first-order chi connectivity index (χ1) is 10.3. The van der Waals surface area contributed by atoms with Gasteiger partial charge in [-0.1, -0.05) is 42.5 Å². The molecule has 0 spiro atoms. The Labute approximate surface area is 127 Å². The van der Waals surface area contributed by atoms with Gasteiger partial charge >= 0.3 is 0 Å². The molecule has 0 radical (unpaired) electrons.